The lowest BCUT2D eigenvalue weighted by Crippen LogP contribution is -2.15. The van der Waals surface area contributed by atoms with Crippen molar-refractivity contribution in [1.82, 2.24) is 4.98 Å². The molecule has 0 fully saturated rings. The summed E-state index contributed by atoms with van der Waals surface area (Å²) in [5.41, 5.74) is 3.92. The Kier molecular flexibility index (Phi) is 6.26. The predicted molar refractivity (Wildman–Crippen MR) is 112 cm³/mol. The molecular formula is C21H20N2OS2. The molecule has 0 aliphatic carbocycles. The molecule has 26 heavy (non-hydrogen) atoms. The first kappa shape index (κ1) is 18.4. The summed E-state index contributed by atoms with van der Waals surface area (Å²) in [7, 11) is 0. The smallest absolute Gasteiger partial charge is 0.230 e. The van der Waals surface area contributed by atoms with Gasteiger partial charge in [0, 0.05) is 21.6 Å². The fraction of sp³-hybridized carbons (Fsp3) is 0.143. The third kappa shape index (κ3) is 4.84. The average molecular weight is 381 g/mol. The van der Waals surface area contributed by atoms with Crippen LogP contribution in [0.5, 0.6) is 0 Å². The van der Waals surface area contributed by atoms with E-state index in [2.05, 4.69) is 48.1 Å². The number of thiazole rings is 1. The van der Waals surface area contributed by atoms with Gasteiger partial charge in [0.05, 0.1) is 17.8 Å². The fourth-order valence-corrected chi connectivity index (χ4v) is 3.99. The third-order valence-electron chi connectivity index (χ3n) is 3.71. The molecule has 0 saturated heterocycles. The van der Waals surface area contributed by atoms with Gasteiger partial charge in [-0.3, -0.25) is 4.79 Å². The first-order valence-electron chi connectivity index (χ1n) is 8.29. The summed E-state index contributed by atoms with van der Waals surface area (Å²) in [5.74, 6) is 0.746. The van der Waals surface area contributed by atoms with Crippen LogP contribution < -0.4 is 5.32 Å². The zero-order chi connectivity index (χ0) is 18.4. The van der Waals surface area contributed by atoms with Crippen molar-refractivity contribution in [3.63, 3.8) is 0 Å². The van der Waals surface area contributed by atoms with Gasteiger partial charge in [-0.1, -0.05) is 48.0 Å². The van der Waals surface area contributed by atoms with Crippen LogP contribution in [0.1, 0.15) is 11.3 Å². The van der Waals surface area contributed by atoms with Crippen molar-refractivity contribution in [2.75, 3.05) is 11.1 Å². The molecule has 2 aromatic carbocycles. The van der Waals surface area contributed by atoms with Crippen LogP contribution in [0.2, 0.25) is 0 Å². The number of nitrogens with one attached hydrogen (secondary N) is 1. The van der Waals surface area contributed by atoms with Crippen LogP contribution in [-0.4, -0.2) is 16.6 Å². The highest BCUT2D eigenvalue weighted by Gasteiger charge is 2.11. The van der Waals surface area contributed by atoms with Crippen LogP contribution in [0, 0.1) is 6.92 Å². The molecule has 0 unspecified atom stereocenters. The Balaban J connectivity index is 1.66. The number of thioether (sulfide) groups is 1. The molecule has 1 N–H and O–H groups in total. The number of hydrogen-bond donors (Lipinski definition) is 1. The maximum absolute atomic E-state index is 12.4. The van der Waals surface area contributed by atoms with E-state index >= 15 is 0 Å². The number of nitrogens with zero attached hydrogens (tertiary/aromatic N) is 1. The molecular weight excluding hydrogens is 360 g/mol. The Morgan fingerprint density at radius 1 is 1.23 bits per heavy atom. The van der Waals surface area contributed by atoms with Crippen molar-refractivity contribution in [3.05, 3.63) is 77.8 Å². The van der Waals surface area contributed by atoms with E-state index in [0.717, 1.165) is 32.6 Å². The van der Waals surface area contributed by atoms with Gasteiger partial charge in [-0.05, 0) is 19.1 Å². The van der Waals surface area contributed by atoms with E-state index in [1.807, 2.05) is 35.7 Å². The summed E-state index contributed by atoms with van der Waals surface area (Å²) >= 11 is 3.22. The highest BCUT2D eigenvalue weighted by atomic mass is 32.2. The first-order valence-corrected chi connectivity index (χ1v) is 10.2. The maximum Gasteiger partial charge on any atom is 0.230 e. The van der Waals surface area contributed by atoms with Crippen molar-refractivity contribution >= 4 is 34.7 Å². The summed E-state index contributed by atoms with van der Waals surface area (Å²) in [5, 5.41) is 5.89. The van der Waals surface area contributed by atoms with Crippen molar-refractivity contribution in [3.8, 4) is 10.6 Å². The molecule has 0 aliphatic heterocycles. The van der Waals surface area contributed by atoms with Gasteiger partial charge in [-0.2, -0.15) is 0 Å². The number of carbonyl (C=O) groups is 1. The number of anilines is 1. The summed E-state index contributed by atoms with van der Waals surface area (Å²) in [6.45, 7) is 5.80. The van der Waals surface area contributed by atoms with E-state index in [1.165, 1.54) is 5.56 Å². The lowest BCUT2D eigenvalue weighted by Gasteiger charge is -2.09. The number of aromatic nitrogens is 1. The van der Waals surface area contributed by atoms with Crippen LogP contribution in [0.3, 0.4) is 0 Å². The monoisotopic (exact) mass is 380 g/mol. The summed E-state index contributed by atoms with van der Waals surface area (Å²) in [4.78, 5) is 18.1. The Morgan fingerprint density at radius 3 is 2.77 bits per heavy atom. The van der Waals surface area contributed by atoms with Crippen LogP contribution >= 0.6 is 23.1 Å². The van der Waals surface area contributed by atoms with Gasteiger partial charge in [0.2, 0.25) is 5.91 Å². The van der Waals surface area contributed by atoms with Crippen molar-refractivity contribution < 1.29 is 4.79 Å². The Hall–Kier alpha value is -2.37. The molecule has 1 amide bonds. The van der Waals surface area contributed by atoms with Crippen molar-refractivity contribution in [1.29, 1.82) is 0 Å². The molecule has 0 bridgehead atoms. The van der Waals surface area contributed by atoms with Gasteiger partial charge < -0.3 is 5.32 Å². The number of para-hydroxylation sites is 1. The largest absolute Gasteiger partial charge is 0.325 e. The van der Waals surface area contributed by atoms with E-state index in [4.69, 9.17) is 0 Å². The topological polar surface area (TPSA) is 42.0 Å². The van der Waals surface area contributed by atoms with E-state index in [0.29, 0.717) is 0 Å². The molecule has 0 aliphatic rings. The molecule has 1 heterocycles. The first-order chi connectivity index (χ1) is 12.7. The highest BCUT2D eigenvalue weighted by Crippen LogP contribution is 2.28. The van der Waals surface area contributed by atoms with E-state index < -0.39 is 0 Å². The number of amides is 1. The minimum absolute atomic E-state index is 0.0580. The molecule has 0 radical (unpaired) electrons. The number of aryl methyl sites for hydroxylation is 1. The second kappa shape index (κ2) is 8.83. The molecule has 5 heteroatoms. The molecule has 0 saturated carbocycles. The summed E-state index contributed by atoms with van der Waals surface area (Å²) < 4.78 is 0. The molecule has 1 aromatic heterocycles. The second-order valence-electron chi connectivity index (χ2n) is 5.83. The standard InChI is InChI=1S/C21H20N2OS2/c1-3-12-25-19-7-5-4-6-18(19)23-20(24)13-17-14-26-21(22-17)16-10-8-15(2)9-11-16/h3-11,14H,1,12-13H2,2H3,(H,23,24). The Morgan fingerprint density at radius 2 is 2.00 bits per heavy atom. The van der Waals surface area contributed by atoms with Crippen LogP contribution in [0.4, 0.5) is 5.69 Å². The van der Waals surface area contributed by atoms with Gasteiger partial charge in [0.15, 0.2) is 0 Å². The van der Waals surface area contributed by atoms with Crippen LogP contribution in [0.25, 0.3) is 10.6 Å². The minimum Gasteiger partial charge on any atom is -0.325 e. The molecule has 3 aromatic rings. The highest BCUT2D eigenvalue weighted by molar-refractivity contribution is 7.99. The Labute approximate surface area is 162 Å². The molecule has 3 rings (SSSR count). The number of benzene rings is 2. The molecule has 3 nitrogen and oxygen atoms in total. The lowest BCUT2D eigenvalue weighted by molar-refractivity contribution is -0.115. The average Bonchev–Trinajstić information content (AvgIpc) is 3.10. The van der Waals surface area contributed by atoms with Gasteiger partial charge >= 0.3 is 0 Å². The predicted octanol–water partition coefficient (Wildman–Crippen LogP) is 5.58. The van der Waals surface area contributed by atoms with E-state index in [9.17, 15) is 4.79 Å². The summed E-state index contributed by atoms with van der Waals surface area (Å²) in [6.07, 6.45) is 2.12. The van der Waals surface area contributed by atoms with Crippen molar-refractivity contribution in [2.45, 2.75) is 18.2 Å². The van der Waals surface area contributed by atoms with Crippen LogP contribution in [-0.2, 0) is 11.2 Å². The zero-order valence-electron chi connectivity index (χ0n) is 14.6. The van der Waals surface area contributed by atoms with E-state index in [1.54, 1.807) is 23.1 Å². The minimum atomic E-state index is -0.0580. The van der Waals surface area contributed by atoms with Gasteiger partial charge in [0.1, 0.15) is 5.01 Å². The quantitative estimate of drug-likeness (QED) is 0.430. The molecule has 0 spiro atoms. The van der Waals surface area contributed by atoms with Gasteiger partial charge in [0.25, 0.3) is 0 Å². The fourth-order valence-electron chi connectivity index (χ4n) is 2.42. The SMILES string of the molecule is C=CCSc1ccccc1NC(=O)Cc1csc(-c2ccc(C)cc2)n1. The van der Waals surface area contributed by atoms with Gasteiger partial charge in [-0.25, -0.2) is 4.98 Å². The van der Waals surface area contributed by atoms with E-state index in [-0.39, 0.29) is 12.3 Å². The van der Waals surface area contributed by atoms with Gasteiger partial charge in [-0.15, -0.1) is 29.7 Å². The second-order valence-corrected chi connectivity index (χ2v) is 7.75. The maximum atomic E-state index is 12.4. The molecule has 0 atom stereocenters. The number of rotatable bonds is 7. The number of hydrogen-bond acceptors (Lipinski definition) is 4. The zero-order valence-corrected chi connectivity index (χ0v) is 16.2. The summed E-state index contributed by atoms with van der Waals surface area (Å²) in [6, 6.07) is 16.1. The Bertz CT molecular complexity index is 900. The third-order valence-corrected chi connectivity index (χ3v) is 5.72. The van der Waals surface area contributed by atoms with Crippen LogP contribution in [0.15, 0.2) is 71.5 Å². The normalized spacial score (nSPS) is 10.5. The lowest BCUT2D eigenvalue weighted by atomic mass is 10.2. The molecule has 132 valence electrons. The van der Waals surface area contributed by atoms with Crippen molar-refractivity contribution in [2.24, 2.45) is 0 Å². The number of carbonyl (C=O) groups excluding carboxylic acids is 1.